The number of benzene rings is 1. The van der Waals surface area contributed by atoms with E-state index in [1.54, 1.807) is 6.07 Å². The Morgan fingerprint density at radius 1 is 1.32 bits per heavy atom. The van der Waals surface area contributed by atoms with E-state index in [-0.39, 0.29) is 35.0 Å². The van der Waals surface area contributed by atoms with Crippen LogP contribution in [0.5, 0.6) is 5.75 Å². The third-order valence-corrected chi connectivity index (χ3v) is 5.15. The zero-order valence-electron chi connectivity index (χ0n) is 16.3. The fourth-order valence-electron chi connectivity index (χ4n) is 3.65. The highest BCUT2D eigenvalue weighted by Crippen LogP contribution is 2.45. The van der Waals surface area contributed by atoms with Crippen molar-refractivity contribution in [2.24, 2.45) is 12.0 Å². The molecule has 0 saturated heterocycles. The monoisotopic (exact) mass is 447 g/mol. The van der Waals surface area contributed by atoms with Crippen LogP contribution in [0.1, 0.15) is 48.2 Å². The summed E-state index contributed by atoms with van der Waals surface area (Å²) in [4.78, 5) is 4.32. The predicted octanol–water partition coefficient (Wildman–Crippen LogP) is 5.28. The predicted molar refractivity (Wildman–Crippen MR) is 94.2 cm³/mol. The van der Waals surface area contributed by atoms with E-state index in [2.05, 4.69) is 9.73 Å². The van der Waals surface area contributed by atoms with E-state index in [0.29, 0.717) is 12.3 Å². The standard InChI is InChI=1S/C20H16F7N3O/c1-19(6-5-13(21)15-12(19)4-3-10(8-28)16(15)22)29-17-14(31-18(23)24)7-11(9-30(17)2)20(25,26)27/h3-4,7,9,13,18H,5-6H2,1-2H3/t13-,19-/m0/s1. The Bertz CT molecular complexity index is 1120. The van der Waals surface area contributed by atoms with Crippen molar-refractivity contribution in [3.63, 3.8) is 0 Å². The van der Waals surface area contributed by atoms with E-state index in [1.165, 1.54) is 13.0 Å². The summed E-state index contributed by atoms with van der Waals surface area (Å²) in [5, 5.41) is 9.00. The summed E-state index contributed by atoms with van der Waals surface area (Å²) in [7, 11) is 1.16. The molecule has 0 unspecified atom stereocenters. The lowest BCUT2D eigenvalue weighted by atomic mass is 9.76. The minimum Gasteiger partial charge on any atom is -0.431 e. The van der Waals surface area contributed by atoms with Crippen LogP contribution in [-0.2, 0) is 18.8 Å². The van der Waals surface area contributed by atoms with Gasteiger partial charge in [-0.05, 0) is 37.5 Å². The van der Waals surface area contributed by atoms with Crippen LogP contribution in [0.4, 0.5) is 30.7 Å². The summed E-state index contributed by atoms with van der Waals surface area (Å²) in [6.45, 7) is -1.94. The zero-order chi connectivity index (χ0) is 23.1. The van der Waals surface area contributed by atoms with Crippen LogP contribution in [0, 0.1) is 17.1 Å². The maximum Gasteiger partial charge on any atom is 0.417 e. The van der Waals surface area contributed by atoms with Crippen LogP contribution in [0.2, 0.25) is 0 Å². The molecule has 0 radical (unpaired) electrons. The van der Waals surface area contributed by atoms with E-state index in [0.717, 1.165) is 17.7 Å². The molecule has 1 aliphatic carbocycles. The molecule has 1 aromatic heterocycles. The number of hydrogen-bond donors (Lipinski definition) is 0. The maximum absolute atomic E-state index is 14.6. The SMILES string of the molecule is Cn1cc(C(F)(F)F)cc(OC(F)F)c1=N[C@@]1(C)CC[C@H](F)c2c1ccc(C#N)c2F. The molecule has 1 aliphatic rings. The second-order valence-corrected chi connectivity index (χ2v) is 7.30. The molecule has 2 aromatic rings. The third-order valence-electron chi connectivity index (χ3n) is 5.15. The van der Waals surface area contributed by atoms with Gasteiger partial charge in [-0.3, -0.25) is 4.99 Å². The fraction of sp³-hybridized carbons (Fsp3) is 0.400. The molecule has 166 valence electrons. The lowest BCUT2D eigenvalue weighted by molar-refractivity contribution is -0.138. The van der Waals surface area contributed by atoms with E-state index < -0.39 is 41.6 Å². The Morgan fingerprint density at radius 2 is 2.00 bits per heavy atom. The number of ether oxygens (including phenoxy) is 1. The molecule has 2 atom stereocenters. The summed E-state index contributed by atoms with van der Waals surface area (Å²) in [6.07, 6.45) is -6.06. The van der Waals surface area contributed by atoms with Gasteiger partial charge >= 0.3 is 12.8 Å². The first-order chi connectivity index (χ1) is 14.4. The highest BCUT2D eigenvalue weighted by atomic mass is 19.4. The molecule has 0 aliphatic heterocycles. The van der Waals surface area contributed by atoms with Crippen LogP contribution in [0.3, 0.4) is 0 Å². The van der Waals surface area contributed by atoms with Gasteiger partial charge in [-0.15, -0.1) is 0 Å². The van der Waals surface area contributed by atoms with Crippen LogP contribution in [-0.4, -0.2) is 11.2 Å². The molecule has 0 amide bonds. The minimum atomic E-state index is -4.82. The minimum absolute atomic E-state index is 0.0155. The number of hydrogen-bond acceptors (Lipinski definition) is 3. The lowest BCUT2D eigenvalue weighted by Crippen LogP contribution is -2.33. The van der Waals surface area contributed by atoms with E-state index >= 15 is 0 Å². The number of alkyl halides is 6. The molecule has 31 heavy (non-hydrogen) atoms. The average molecular weight is 447 g/mol. The molecule has 1 heterocycles. The fourth-order valence-corrected chi connectivity index (χ4v) is 3.65. The largest absolute Gasteiger partial charge is 0.431 e. The first-order valence-electron chi connectivity index (χ1n) is 9.03. The average Bonchev–Trinajstić information content (AvgIpc) is 2.66. The molecule has 1 aromatic carbocycles. The van der Waals surface area contributed by atoms with Gasteiger partial charge < -0.3 is 9.30 Å². The van der Waals surface area contributed by atoms with Crippen molar-refractivity contribution in [1.82, 2.24) is 4.57 Å². The van der Waals surface area contributed by atoms with Crippen LogP contribution >= 0.6 is 0 Å². The molecule has 0 N–H and O–H groups in total. The van der Waals surface area contributed by atoms with Crippen molar-refractivity contribution < 1.29 is 35.5 Å². The van der Waals surface area contributed by atoms with Crippen molar-refractivity contribution in [2.75, 3.05) is 0 Å². The number of aromatic nitrogens is 1. The number of pyridine rings is 1. The Balaban J connectivity index is 2.28. The van der Waals surface area contributed by atoms with Crippen LogP contribution in [0.15, 0.2) is 29.4 Å². The zero-order valence-corrected chi connectivity index (χ0v) is 16.3. The van der Waals surface area contributed by atoms with Crippen molar-refractivity contribution >= 4 is 0 Å². The van der Waals surface area contributed by atoms with Crippen molar-refractivity contribution in [3.05, 3.63) is 58.0 Å². The molecule has 0 spiro atoms. The number of fused-ring (bicyclic) bond motifs is 1. The molecular weight excluding hydrogens is 431 g/mol. The van der Waals surface area contributed by atoms with Gasteiger partial charge in [-0.2, -0.15) is 27.2 Å². The number of aryl methyl sites for hydroxylation is 1. The van der Waals surface area contributed by atoms with Crippen LogP contribution in [0.25, 0.3) is 0 Å². The van der Waals surface area contributed by atoms with E-state index in [9.17, 15) is 30.7 Å². The first kappa shape index (κ1) is 22.7. The number of nitrogens with zero attached hydrogens (tertiary/aromatic N) is 3. The Hall–Kier alpha value is -3.03. The Kier molecular flexibility index (Phi) is 5.78. The first-order valence-corrected chi connectivity index (χ1v) is 9.03. The van der Waals surface area contributed by atoms with Gasteiger partial charge in [0, 0.05) is 18.8 Å². The van der Waals surface area contributed by atoms with Gasteiger partial charge in [0.15, 0.2) is 11.2 Å². The lowest BCUT2D eigenvalue weighted by Gasteiger charge is -2.34. The normalized spacial score (nSPS) is 21.7. The highest BCUT2D eigenvalue weighted by Gasteiger charge is 2.39. The van der Waals surface area contributed by atoms with Gasteiger partial charge in [0.05, 0.1) is 16.7 Å². The molecule has 4 nitrogen and oxygen atoms in total. The highest BCUT2D eigenvalue weighted by molar-refractivity contribution is 5.46. The molecule has 0 fully saturated rings. The smallest absolute Gasteiger partial charge is 0.417 e. The quantitative estimate of drug-likeness (QED) is 0.602. The van der Waals surface area contributed by atoms with Gasteiger partial charge in [0.2, 0.25) is 0 Å². The third kappa shape index (κ3) is 4.24. The van der Waals surface area contributed by atoms with Crippen molar-refractivity contribution in [3.8, 4) is 11.8 Å². The van der Waals surface area contributed by atoms with Gasteiger partial charge in [-0.1, -0.05) is 6.07 Å². The second-order valence-electron chi connectivity index (χ2n) is 7.30. The summed E-state index contributed by atoms with van der Waals surface area (Å²) < 4.78 is 99.4. The second kappa shape index (κ2) is 7.90. The van der Waals surface area contributed by atoms with Crippen molar-refractivity contribution in [1.29, 1.82) is 5.26 Å². The number of nitriles is 1. The van der Waals surface area contributed by atoms with E-state index in [4.69, 9.17) is 5.26 Å². The van der Waals surface area contributed by atoms with E-state index in [1.807, 2.05) is 0 Å². The summed E-state index contributed by atoms with van der Waals surface area (Å²) in [6, 6.07) is 4.47. The molecule has 0 bridgehead atoms. The maximum atomic E-state index is 14.6. The summed E-state index contributed by atoms with van der Waals surface area (Å²) in [5.41, 5.74) is -3.62. The summed E-state index contributed by atoms with van der Waals surface area (Å²) in [5.74, 6) is -1.87. The Morgan fingerprint density at radius 3 is 2.58 bits per heavy atom. The van der Waals surface area contributed by atoms with Gasteiger partial charge in [0.1, 0.15) is 18.1 Å². The molecule has 3 rings (SSSR count). The van der Waals surface area contributed by atoms with Gasteiger partial charge in [-0.25, -0.2) is 8.78 Å². The number of rotatable bonds is 3. The van der Waals surface area contributed by atoms with Crippen LogP contribution < -0.4 is 10.2 Å². The number of halogens is 7. The van der Waals surface area contributed by atoms with Gasteiger partial charge in [0.25, 0.3) is 0 Å². The molecule has 0 saturated carbocycles. The molecular formula is C20H16F7N3O. The Labute approximate surface area is 172 Å². The molecule has 11 heteroatoms. The topological polar surface area (TPSA) is 50.3 Å². The van der Waals surface area contributed by atoms with Crippen molar-refractivity contribution in [2.45, 2.75) is 44.3 Å². The summed E-state index contributed by atoms with van der Waals surface area (Å²) >= 11 is 0.